The number of carbonyl (C=O) groups excluding carboxylic acids is 2. The van der Waals surface area contributed by atoms with E-state index in [1.165, 1.54) is 64.6 Å². The van der Waals surface area contributed by atoms with Crippen molar-refractivity contribution in [3.63, 3.8) is 0 Å². The molecule has 266 valence electrons. The van der Waals surface area contributed by atoms with Crippen molar-refractivity contribution < 1.29 is 14.3 Å². The molecule has 11 heteroatoms. The maximum absolute atomic E-state index is 8.00. The zero-order valence-corrected chi connectivity index (χ0v) is 31.7. The zero-order valence-electron chi connectivity index (χ0n) is 30.9. The first-order chi connectivity index (χ1) is 22.5. The predicted molar refractivity (Wildman–Crippen MR) is 201 cm³/mol. The van der Waals surface area contributed by atoms with Crippen molar-refractivity contribution in [2.24, 2.45) is 0 Å². The summed E-state index contributed by atoms with van der Waals surface area (Å²) in [6.45, 7) is 28.1. The number of piperidine rings is 1. The smallest absolute Gasteiger partial charge is 0.179 e. The lowest BCUT2D eigenvalue weighted by Crippen LogP contribution is -2.29. The second kappa shape index (κ2) is 40.1. The monoisotopic (exact) mass is 666 g/mol. The molecule has 0 atom stereocenters. The number of nitrogens with two attached hydrogens (primary N) is 1. The average molecular weight is 666 g/mol. The van der Waals surface area contributed by atoms with Crippen LogP contribution in [0.3, 0.4) is 0 Å². The quantitative estimate of drug-likeness (QED) is 0.234. The Labute approximate surface area is 285 Å². The molecule has 3 aromatic rings. The minimum Gasteiger partial charge on any atom is -0.383 e. The minimum atomic E-state index is 0.368. The lowest BCUT2D eigenvalue weighted by molar-refractivity contribution is -0.0987. The standard InChI is InChI=1S/C14H16N6OS.C7H15N.C4H10.2C3H8.C2H6.2CH2O/c1-22-6-5-21-9-20-14-12(8-18-20)19-11(7-17-14)10-3-2-4-16-13(10)15;1-2-8-6-4-3-5-7-8;1-3-4-2;2*1-3-2;3*1-2/h2-4,7-8H,5-6,9H2,1H3,(H2,15,16);2-7H2,1H3;3-4H2,1-2H3;2*3H2,1-2H3;1-2H3;2*1H2. The van der Waals surface area contributed by atoms with Gasteiger partial charge in [0.15, 0.2) is 5.65 Å². The third-order valence-corrected chi connectivity index (χ3v) is 6.07. The lowest BCUT2D eigenvalue weighted by atomic mass is 10.1. The van der Waals surface area contributed by atoms with Crippen LogP contribution in [0.25, 0.3) is 22.4 Å². The van der Waals surface area contributed by atoms with Crippen LogP contribution in [-0.2, 0) is 21.1 Å². The van der Waals surface area contributed by atoms with Crippen LogP contribution in [0, 0.1) is 0 Å². The molecule has 0 radical (unpaired) electrons. The molecule has 4 rings (SSSR count). The fourth-order valence-corrected chi connectivity index (χ4v) is 3.57. The molecule has 46 heavy (non-hydrogen) atoms. The first kappa shape index (κ1) is 50.0. The van der Waals surface area contributed by atoms with Crippen molar-refractivity contribution in [1.29, 1.82) is 0 Å². The Hall–Kier alpha value is -2.89. The molecule has 2 N–H and O–H groups in total. The number of unbranched alkanes of at least 4 members (excludes halogenated alkanes) is 1. The number of ether oxygens (including phenoxy) is 1. The van der Waals surface area contributed by atoms with Crippen LogP contribution in [-0.4, -0.2) is 81.5 Å². The van der Waals surface area contributed by atoms with Crippen molar-refractivity contribution >= 4 is 42.3 Å². The van der Waals surface area contributed by atoms with Gasteiger partial charge in [-0.1, -0.05) is 94.4 Å². The highest BCUT2D eigenvalue weighted by Crippen LogP contribution is 2.22. The van der Waals surface area contributed by atoms with E-state index in [0.717, 1.165) is 11.3 Å². The number of thioether (sulfide) groups is 1. The Kier molecular flexibility index (Phi) is 43.6. The van der Waals surface area contributed by atoms with E-state index < -0.39 is 0 Å². The van der Waals surface area contributed by atoms with Gasteiger partial charge in [-0.3, -0.25) is 0 Å². The van der Waals surface area contributed by atoms with Gasteiger partial charge in [-0.2, -0.15) is 16.9 Å². The summed E-state index contributed by atoms with van der Waals surface area (Å²) in [4.78, 5) is 31.6. The van der Waals surface area contributed by atoms with Gasteiger partial charge in [0.05, 0.1) is 24.7 Å². The van der Waals surface area contributed by atoms with Crippen LogP contribution in [0.4, 0.5) is 5.82 Å². The second-order valence-electron chi connectivity index (χ2n) is 9.48. The molecule has 0 bridgehead atoms. The first-order valence-electron chi connectivity index (χ1n) is 16.7. The Bertz CT molecular complexity index is 1010. The minimum absolute atomic E-state index is 0.368. The van der Waals surface area contributed by atoms with E-state index in [9.17, 15) is 0 Å². The molecule has 10 nitrogen and oxygen atoms in total. The van der Waals surface area contributed by atoms with Crippen LogP contribution in [0.15, 0.2) is 30.7 Å². The molecular formula is C35H67N7O3S. The summed E-state index contributed by atoms with van der Waals surface area (Å²) in [7, 11) is 0. The highest BCUT2D eigenvalue weighted by Gasteiger charge is 2.10. The van der Waals surface area contributed by atoms with E-state index in [-0.39, 0.29) is 0 Å². The maximum atomic E-state index is 8.00. The maximum Gasteiger partial charge on any atom is 0.179 e. The summed E-state index contributed by atoms with van der Waals surface area (Å²) < 4.78 is 7.24. The molecule has 0 aliphatic carbocycles. The van der Waals surface area contributed by atoms with Crippen molar-refractivity contribution in [2.75, 3.05) is 44.0 Å². The summed E-state index contributed by atoms with van der Waals surface area (Å²) in [5.74, 6) is 1.39. The van der Waals surface area contributed by atoms with Gasteiger partial charge < -0.3 is 25.0 Å². The van der Waals surface area contributed by atoms with Crippen LogP contribution >= 0.6 is 11.8 Å². The Balaban J connectivity index is -0.000000303. The van der Waals surface area contributed by atoms with Crippen molar-refractivity contribution in [3.05, 3.63) is 30.7 Å². The van der Waals surface area contributed by atoms with Gasteiger partial charge >= 0.3 is 0 Å². The zero-order chi connectivity index (χ0) is 36.0. The van der Waals surface area contributed by atoms with E-state index in [4.69, 9.17) is 20.1 Å². The topological polar surface area (TPSA) is 129 Å². The SMILES string of the molecule is C=O.C=O.CC.CCC.CCC.CCCC.CCN1CCCCC1.CSCCOCn1ncc2nc(-c3cccnc3N)cnc21. The molecule has 1 aliphatic rings. The largest absolute Gasteiger partial charge is 0.383 e. The molecule has 0 saturated carbocycles. The molecule has 4 heterocycles. The van der Waals surface area contributed by atoms with E-state index in [2.05, 4.69) is 73.4 Å². The normalized spacial score (nSPS) is 11.2. The van der Waals surface area contributed by atoms with Gasteiger partial charge in [-0.25, -0.2) is 19.6 Å². The highest BCUT2D eigenvalue weighted by molar-refractivity contribution is 7.98. The number of hydrogen-bond acceptors (Lipinski definition) is 10. The van der Waals surface area contributed by atoms with Crippen molar-refractivity contribution in [2.45, 2.75) is 114 Å². The summed E-state index contributed by atoms with van der Waals surface area (Å²) in [5, 5.41) is 4.26. The van der Waals surface area contributed by atoms with Crippen molar-refractivity contribution in [1.82, 2.24) is 29.6 Å². The molecule has 1 saturated heterocycles. The first-order valence-corrected chi connectivity index (χ1v) is 18.1. The number of pyridine rings is 1. The van der Waals surface area contributed by atoms with Gasteiger partial charge in [-0.05, 0) is 50.9 Å². The van der Waals surface area contributed by atoms with Crippen LogP contribution in [0.2, 0.25) is 0 Å². The third kappa shape index (κ3) is 25.3. The number of likely N-dealkylation sites (tertiary alicyclic amines) is 1. The molecule has 0 spiro atoms. The molecule has 1 fully saturated rings. The lowest BCUT2D eigenvalue weighted by Gasteiger charge is -2.24. The van der Waals surface area contributed by atoms with Crippen LogP contribution in [0.1, 0.15) is 107 Å². The van der Waals surface area contributed by atoms with E-state index in [0.29, 0.717) is 36.0 Å². The van der Waals surface area contributed by atoms with Gasteiger partial charge in [0, 0.05) is 17.5 Å². The Morgan fingerprint density at radius 1 is 0.891 bits per heavy atom. The van der Waals surface area contributed by atoms with E-state index in [1.807, 2.05) is 45.8 Å². The molecule has 1 aliphatic heterocycles. The number of rotatable bonds is 8. The fraction of sp³-hybridized carbons (Fsp3) is 0.657. The number of anilines is 1. The number of aromatic nitrogens is 5. The predicted octanol–water partition coefficient (Wildman–Crippen LogP) is 8.60. The van der Waals surface area contributed by atoms with Gasteiger partial charge in [0.2, 0.25) is 0 Å². The Morgan fingerprint density at radius 3 is 1.91 bits per heavy atom. The number of carbonyl (C=O) groups is 2. The third-order valence-electron chi connectivity index (χ3n) is 5.50. The van der Waals surface area contributed by atoms with Crippen LogP contribution in [0.5, 0.6) is 0 Å². The molecule has 3 aromatic heterocycles. The highest BCUT2D eigenvalue weighted by atomic mass is 32.2. The fourth-order valence-electron chi connectivity index (χ4n) is 3.29. The summed E-state index contributed by atoms with van der Waals surface area (Å²) in [6, 6.07) is 3.69. The summed E-state index contributed by atoms with van der Waals surface area (Å²) in [5.41, 5.74) is 8.71. The Morgan fingerprint density at radius 2 is 1.46 bits per heavy atom. The van der Waals surface area contributed by atoms with Gasteiger partial charge in [0.25, 0.3) is 0 Å². The number of hydrogen-bond donors (Lipinski definition) is 1. The molecule has 0 unspecified atom stereocenters. The van der Waals surface area contributed by atoms with E-state index >= 15 is 0 Å². The number of nitrogens with zero attached hydrogens (tertiary/aromatic N) is 6. The van der Waals surface area contributed by atoms with Crippen molar-refractivity contribution in [3.8, 4) is 11.3 Å². The van der Waals surface area contributed by atoms with Crippen LogP contribution < -0.4 is 5.73 Å². The van der Waals surface area contributed by atoms with E-state index in [1.54, 1.807) is 35.0 Å². The molecule has 0 aromatic carbocycles. The van der Waals surface area contributed by atoms with Gasteiger partial charge in [-0.15, -0.1) is 0 Å². The summed E-state index contributed by atoms with van der Waals surface area (Å²) >= 11 is 1.74. The second-order valence-corrected chi connectivity index (χ2v) is 10.5. The van der Waals surface area contributed by atoms with Gasteiger partial charge in [0.1, 0.15) is 31.6 Å². The molecule has 0 amide bonds. The molecular weight excluding hydrogens is 598 g/mol. The average Bonchev–Trinajstić information content (AvgIpc) is 3.53. The summed E-state index contributed by atoms with van der Waals surface area (Å²) in [6.07, 6.45) is 16.5. The number of fused-ring (bicyclic) bond motifs is 1. The number of nitrogen functional groups attached to an aromatic ring is 1.